The second kappa shape index (κ2) is 7.20. The highest BCUT2D eigenvalue weighted by Crippen LogP contribution is 2.56. The van der Waals surface area contributed by atoms with Gasteiger partial charge in [0.15, 0.2) is 11.5 Å². The van der Waals surface area contributed by atoms with Gasteiger partial charge in [0.25, 0.3) is 0 Å². The molecule has 3 aliphatic rings. The third-order valence-corrected chi connectivity index (χ3v) is 7.27. The molecule has 6 nitrogen and oxygen atoms in total. The van der Waals surface area contributed by atoms with Gasteiger partial charge in [-0.25, -0.2) is 0 Å². The number of aromatic hydroxyl groups is 1. The van der Waals surface area contributed by atoms with Crippen molar-refractivity contribution in [1.82, 2.24) is 9.80 Å². The van der Waals surface area contributed by atoms with E-state index in [2.05, 4.69) is 4.90 Å². The number of hydrogen-bond acceptors (Lipinski definition) is 5. The molecule has 3 saturated heterocycles. The Morgan fingerprint density at radius 2 is 1.93 bits per heavy atom. The fraction of sp³-hybridized carbons (Fsp3) is 0.458. The topological polar surface area (TPSA) is 62.2 Å². The van der Waals surface area contributed by atoms with Crippen molar-refractivity contribution < 1.29 is 19.4 Å². The number of carbonyl (C=O) groups excluding carboxylic acids is 1. The van der Waals surface area contributed by atoms with E-state index in [1.165, 1.54) is 0 Å². The number of para-hydroxylation sites is 1. The number of ether oxygens (including phenoxy) is 2. The van der Waals surface area contributed by atoms with Crippen LogP contribution in [0.5, 0.6) is 17.2 Å². The third-order valence-electron chi connectivity index (χ3n) is 7.27. The van der Waals surface area contributed by atoms with Gasteiger partial charge in [0.1, 0.15) is 11.3 Å². The molecule has 0 unspecified atom stereocenters. The number of nitrogens with zero attached hydrogens (tertiary/aromatic N) is 2. The molecule has 1 amide bonds. The van der Waals surface area contributed by atoms with E-state index >= 15 is 0 Å². The minimum Gasteiger partial charge on any atom is -0.504 e. The Labute approximate surface area is 177 Å². The minimum atomic E-state index is -0.391. The summed E-state index contributed by atoms with van der Waals surface area (Å²) in [5, 5.41) is 9.98. The smallest absolute Gasteiger partial charge is 0.243 e. The lowest BCUT2D eigenvalue weighted by Gasteiger charge is -2.34. The van der Waals surface area contributed by atoms with Crippen LogP contribution in [0.4, 0.5) is 0 Å². The van der Waals surface area contributed by atoms with Crippen LogP contribution in [-0.4, -0.2) is 53.7 Å². The van der Waals surface area contributed by atoms with Gasteiger partial charge in [-0.2, -0.15) is 0 Å². The third kappa shape index (κ3) is 2.70. The van der Waals surface area contributed by atoms with Gasteiger partial charge in [0.05, 0.1) is 14.2 Å². The molecular formula is C24H28N2O4. The van der Waals surface area contributed by atoms with Gasteiger partial charge in [-0.15, -0.1) is 0 Å². The summed E-state index contributed by atoms with van der Waals surface area (Å²) in [4.78, 5) is 18.2. The fourth-order valence-corrected chi connectivity index (χ4v) is 5.97. The maximum Gasteiger partial charge on any atom is 0.243 e. The van der Waals surface area contributed by atoms with Crippen molar-refractivity contribution in [2.24, 2.45) is 5.92 Å². The molecule has 0 saturated carbocycles. The van der Waals surface area contributed by atoms with Crippen LogP contribution in [0.3, 0.4) is 0 Å². The van der Waals surface area contributed by atoms with E-state index in [1.807, 2.05) is 41.3 Å². The molecule has 3 heterocycles. The van der Waals surface area contributed by atoms with E-state index in [1.54, 1.807) is 20.3 Å². The first-order chi connectivity index (χ1) is 14.6. The maximum atomic E-state index is 13.7. The number of amides is 1. The van der Waals surface area contributed by atoms with E-state index in [-0.39, 0.29) is 17.7 Å². The molecule has 0 aliphatic carbocycles. The molecule has 30 heavy (non-hydrogen) atoms. The van der Waals surface area contributed by atoms with Crippen LogP contribution in [-0.2, 0) is 11.3 Å². The van der Waals surface area contributed by atoms with E-state index in [4.69, 9.17) is 9.47 Å². The second-order valence-electron chi connectivity index (χ2n) is 8.60. The van der Waals surface area contributed by atoms with Crippen LogP contribution in [0.1, 0.15) is 36.4 Å². The Balaban J connectivity index is 1.43. The lowest BCUT2D eigenvalue weighted by Crippen LogP contribution is -2.49. The molecule has 1 N–H and O–H groups in total. The Hall–Kier alpha value is -2.73. The van der Waals surface area contributed by atoms with Crippen LogP contribution in [0.25, 0.3) is 0 Å². The van der Waals surface area contributed by atoms with E-state index in [9.17, 15) is 9.90 Å². The van der Waals surface area contributed by atoms with Gasteiger partial charge >= 0.3 is 0 Å². The molecule has 6 heteroatoms. The fourth-order valence-electron chi connectivity index (χ4n) is 5.97. The quantitative estimate of drug-likeness (QED) is 0.822. The minimum absolute atomic E-state index is 0.148. The molecule has 158 valence electrons. The summed E-state index contributed by atoms with van der Waals surface area (Å²) in [6, 6.07) is 13.7. The van der Waals surface area contributed by atoms with Crippen LogP contribution in [0.15, 0.2) is 42.5 Å². The van der Waals surface area contributed by atoms with Crippen molar-refractivity contribution in [3.05, 3.63) is 53.6 Å². The van der Waals surface area contributed by atoms with Crippen molar-refractivity contribution >= 4 is 5.91 Å². The zero-order valence-electron chi connectivity index (χ0n) is 17.5. The lowest BCUT2D eigenvalue weighted by molar-refractivity contribution is -0.137. The molecule has 2 aromatic carbocycles. The Morgan fingerprint density at radius 3 is 2.73 bits per heavy atom. The van der Waals surface area contributed by atoms with Gasteiger partial charge < -0.3 is 19.5 Å². The van der Waals surface area contributed by atoms with Crippen molar-refractivity contribution in [1.29, 1.82) is 0 Å². The first-order valence-corrected chi connectivity index (χ1v) is 10.6. The SMILES string of the molecule is COc1cc([C@@H]2C[C@H]3CN(Cc4ccccc4OC)C(=O)[C@]34CCCN24)ccc1O. The molecule has 1 spiro atoms. The van der Waals surface area contributed by atoms with Crippen molar-refractivity contribution in [3.8, 4) is 17.2 Å². The summed E-state index contributed by atoms with van der Waals surface area (Å²) >= 11 is 0. The van der Waals surface area contributed by atoms with Crippen molar-refractivity contribution in [2.75, 3.05) is 27.3 Å². The summed E-state index contributed by atoms with van der Waals surface area (Å²) in [5.74, 6) is 2.03. The van der Waals surface area contributed by atoms with E-state index < -0.39 is 5.54 Å². The molecule has 2 aromatic rings. The van der Waals surface area contributed by atoms with E-state index in [0.717, 1.165) is 49.2 Å². The number of rotatable bonds is 5. The summed E-state index contributed by atoms with van der Waals surface area (Å²) < 4.78 is 10.8. The summed E-state index contributed by atoms with van der Waals surface area (Å²) in [6.07, 6.45) is 2.91. The maximum absolute atomic E-state index is 13.7. The Bertz CT molecular complexity index is 977. The van der Waals surface area contributed by atoms with Crippen LogP contribution in [0, 0.1) is 5.92 Å². The predicted molar refractivity (Wildman–Crippen MR) is 113 cm³/mol. The largest absolute Gasteiger partial charge is 0.504 e. The molecule has 0 radical (unpaired) electrons. The number of likely N-dealkylation sites (tertiary alicyclic amines) is 1. The number of methoxy groups -OCH3 is 2. The summed E-state index contributed by atoms with van der Waals surface area (Å²) in [7, 11) is 3.24. The number of carbonyl (C=O) groups is 1. The standard InChI is InChI=1S/C24H28N2O4/c1-29-21-7-4-3-6-17(21)14-25-15-18-13-19(16-8-9-20(27)22(12-16)30-2)26-11-5-10-24(18,26)23(25)28/h3-4,6-9,12,18-19,27H,5,10-11,13-15H2,1-2H3/t18-,19-,24-/m0/s1. The van der Waals surface area contributed by atoms with Crippen molar-refractivity contribution in [3.63, 3.8) is 0 Å². The van der Waals surface area contributed by atoms with Crippen LogP contribution in [0.2, 0.25) is 0 Å². The summed E-state index contributed by atoms with van der Waals surface area (Å²) in [5.41, 5.74) is 1.77. The first-order valence-electron chi connectivity index (χ1n) is 10.6. The van der Waals surface area contributed by atoms with Gasteiger partial charge in [-0.3, -0.25) is 9.69 Å². The molecule has 0 aromatic heterocycles. The monoisotopic (exact) mass is 408 g/mol. The van der Waals surface area contributed by atoms with Crippen LogP contribution < -0.4 is 9.47 Å². The Kier molecular flexibility index (Phi) is 4.62. The molecule has 5 rings (SSSR count). The highest BCUT2D eigenvalue weighted by Gasteiger charge is 2.65. The first kappa shape index (κ1) is 19.2. The number of hydrogen-bond donors (Lipinski definition) is 1. The van der Waals surface area contributed by atoms with Crippen molar-refractivity contribution in [2.45, 2.75) is 37.4 Å². The highest BCUT2D eigenvalue weighted by molar-refractivity contribution is 5.90. The van der Waals surface area contributed by atoms with Crippen LogP contribution >= 0.6 is 0 Å². The zero-order chi connectivity index (χ0) is 20.9. The number of phenolic OH excluding ortho intramolecular Hbond substituents is 1. The molecule has 0 bridgehead atoms. The van der Waals surface area contributed by atoms with Gasteiger partial charge in [0.2, 0.25) is 5.91 Å². The van der Waals surface area contributed by atoms with Gasteiger partial charge in [-0.05, 0) is 49.6 Å². The second-order valence-corrected chi connectivity index (χ2v) is 8.60. The molecular weight excluding hydrogens is 380 g/mol. The highest BCUT2D eigenvalue weighted by atomic mass is 16.5. The van der Waals surface area contributed by atoms with E-state index in [0.29, 0.717) is 18.2 Å². The molecule has 3 aliphatic heterocycles. The number of benzene rings is 2. The molecule has 3 fully saturated rings. The van der Waals surface area contributed by atoms with Gasteiger partial charge in [-0.1, -0.05) is 24.3 Å². The summed E-state index contributed by atoms with van der Waals surface area (Å²) in [6.45, 7) is 2.30. The van der Waals surface area contributed by atoms with Gasteiger partial charge in [0, 0.05) is 30.6 Å². The average Bonchev–Trinajstić information content (AvgIpc) is 3.40. The number of phenols is 1. The predicted octanol–water partition coefficient (Wildman–Crippen LogP) is 3.35. The zero-order valence-corrected chi connectivity index (χ0v) is 17.5. The average molecular weight is 408 g/mol. The Morgan fingerprint density at radius 1 is 1.13 bits per heavy atom. The normalized spacial score (nSPS) is 27.9. The lowest BCUT2D eigenvalue weighted by atomic mass is 9.85. The molecule has 3 atom stereocenters.